The minimum Gasteiger partial charge on any atom is -0.394 e. The first-order valence-corrected chi connectivity index (χ1v) is 6.26. The molecule has 0 aromatic carbocycles. The Kier molecular flexibility index (Phi) is 3.37. The number of aromatic nitrogens is 4. The molecule has 1 fully saturated rings. The van der Waals surface area contributed by atoms with Gasteiger partial charge in [-0.3, -0.25) is 14.3 Å². The van der Waals surface area contributed by atoms with Gasteiger partial charge in [-0.05, 0) is 0 Å². The van der Waals surface area contributed by atoms with Gasteiger partial charge < -0.3 is 25.4 Å². The highest BCUT2D eigenvalue weighted by molar-refractivity contribution is 5.70. The number of imidazole rings is 1. The SMILES string of the molecule is COC1C(CO)OC(n2cnc3c(=O)[nH]c(N)nc32)C1O. The Balaban J connectivity index is 2.07. The van der Waals surface area contributed by atoms with E-state index in [1.54, 1.807) is 0 Å². The van der Waals surface area contributed by atoms with Crippen molar-refractivity contribution in [3.8, 4) is 0 Å². The molecule has 3 rings (SSSR count). The third-order valence-corrected chi connectivity index (χ3v) is 3.49. The number of nitrogens with one attached hydrogen (secondary N) is 1. The maximum Gasteiger partial charge on any atom is 0.280 e. The van der Waals surface area contributed by atoms with Gasteiger partial charge in [-0.25, -0.2) is 4.98 Å². The van der Waals surface area contributed by atoms with E-state index < -0.39 is 30.1 Å². The fourth-order valence-electron chi connectivity index (χ4n) is 2.52. The summed E-state index contributed by atoms with van der Waals surface area (Å²) < 4.78 is 12.1. The number of hydrogen-bond acceptors (Lipinski definition) is 8. The Morgan fingerprint density at radius 1 is 1.62 bits per heavy atom. The molecule has 114 valence electrons. The number of rotatable bonds is 3. The number of methoxy groups -OCH3 is 1. The zero-order chi connectivity index (χ0) is 15.1. The van der Waals surface area contributed by atoms with E-state index in [1.165, 1.54) is 18.0 Å². The predicted molar refractivity (Wildman–Crippen MR) is 70.4 cm³/mol. The normalized spacial score (nSPS) is 29.3. The van der Waals surface area contributed by atoms with Crippen LogP contribution in [-0.2, 0) is 9.47 Å². The molecule has 10 nitrogen and oxygen atoms in total. The summed E-state index contributed by atoms with van der Waals surface area (Å²) in [6.45, 7) is -0.311. The van der Waals surface area contributed by atoms with Crippen molar-refractivity contribution >= 4 is 17.1 Å². The van der Waals surface area contributed by atoms with Crippen molar-refractivity contribution in [1.82, 2.24) is 19.5 Å². The minimum absolute atomic E-state index is 0.0660. The molecule has 0 radical (unpaired) electrons. The monoisotopic (exact) mass is 297 g/mol. The molecule has 10 heteroatoms. The van der Waals surface area contributed by atoms with Crippen LogP contribution in [0.5, 0.6) is 0 Å². The van der Waals surface area contributed by atoms with Gasteiger partial charge >= 0.3 is 0 Å². The van der Waals surface area contributed by atoms with Gasteiger partial charge in [0.05, 0.1) is 12.9 Å². The molecule has 1 aliphatic heterocycles. The molecular weight excluding hydrogens is 282 g/mol. The second kappa shape index (κ2) is 5.07. The maximum absolute atomic E-state index is 11.7. The highest BCUT2D eigenvalue weighted by Gasteiger charge is 2.45. The average Bonchev–Trinajstić information content (AvgIpc) is 2.99. The number of aliphatic hydroxyl groups excluding tert-OH is 2. The lowest BCUT2D eigenvalue weighted by Crippen LogP contribution is -2.35. The molecule has 2 aromatic rings. The molecule has 4 atom stereocenters. The van der Waals surface area contributed by atoms with Gasteiger partial charge in [0.25, 0.3) is 5.56 Å². The number of fused-ring (bicyclic) bond motifs is 1. The summed E-state index contributed by atoms with van der Waals surface area (Å²) in [7, 11) is 1.41. The highest BCUT2D eigenvalue weighted by atomic mass is 16.6. The lowest BCUT2D eigenvalue weighted by Gasteiger charge is -2.17. The van der Waals surface area contributed by atoms with E-state index in [0.717, 1.165) is 0 Å². The van der Waals surface area contributed by atoms with Gasteiger partial charge in [0.15, 0.2) is 17.4 Å². The van der Waals surface area contributed by atoms with Crippen molar-refractivity contribution < 1.29 is 19.7 Å². The van der Waals surface area contributed by atoms with Gasteiger partial charge in [-0.2, -0.15) is 4.98 Å². The molecule has 3 heterocycles. The number of H-pyrrole nitrogens is 1. The van der Waals surface area contributed by atoms with Crippen LogP contribution in [0.1, 0.15) is 6.23 Å². The van der Waals surface area contributed by atoms with Gasteiger partial charge in [0, 0.05) is 7.11 Å². The van der Waals surface area contributed by atoms with E-state index in [4.69, 9.17) is 15.2 Å². The molecule has 1 aliphatic rings. The molecule has 2 aromatic heterocycles. The number of hydrogen-bond donors (Lipinski definition) is 4. The van der Waals surface area contributed by atoms with Crippen LogP contribution in [0.15, 0.2) is 11.1 Å². The maximum atomic E-state index is 11.7. The number of aliphatic hydroxyl groups is 2. The molecule has 5 N–H and O–H groups in total. The lowest BCUT2D eigenvalue weighted by molar-refractivity contribution is -0.0535. The predicted octanol–water partition coefficient (Wildman–Crippen LogP) is -2.03. The minimum atomic E-state index is -1.05. The number of anilines is 1. The summed E-state index contributed by atoms with van der Waals surface area (Å²) in [6, 6.07) is 0. The van der Waals surface area contributed by atoms with Gasteiger partial charge in [0.2, 0.25) is 5.95 Å². The molecule has 0 aliphatic carbocycles. The van der Waals surface area contributed by atoms with E-state index in [9.17, 15) is 15.0 Å². The van der Waals surface area contributed by atoms with Crippen molar-refractivity contribution in [2.24, 2.45) is 0 Å². The van der Waals surface area contributed by atoms with Crippen molar-refractivity contribution in [2.45, 2.75) is 24.5 Å². The van der Waals surface area contributed by atoms with Gasteiger partial charge in [-0.1, -0.05) is 0 Å². The van der Waals surface area contributed by atoms with Crippen LogP contribution >= 0.6 is 0 Å². The fraction of sp³-hybridized carbons (Fsp3) is 0.545. The summed E-state index contributed by atoms with van der Waals surface area (Å²) >= 11 is 0. The number of nitrogen functional groups attached to an aromatic ring is 1. The molecule has 0 bridgehead atoms. The summed E-state index contributed by atoms with van der Waals surface area (Å²) in [5, 5.41) is 19.5. The zero-order valence-electron chi connectivity index (χ0n) is 11.1. The number of aromatic amines is 1. The molecule has 0 spiro atoms. The van der Waals surface area contributed by atoms with E-state index in [0.29, 0.717) is 0 Å². The van der Waals surface area contributed by atoms with Crippen molar-refractivity contribution in [1.29, 1.82) is 0 Å². The molecule has 0 saturated carbocycles. The van der Waals surface area contributed by atoms with E-state index in [-0.39, 0.29) is 23.7 Å². The van der Waals surface area contributed by atoms with E-state index >= 15 is 0 Å². The van der Waals surface area contributed by atoms with Crippen LogP contribution in [0.4, 0.5) is 5.95 Å². The first-order valence-electron chi connectivity index (χ1n) is 6.26. The topological polar surface area (TPSA) is 149 Å². The summed E-state index contributed by atoms with van der Waals surface area (Å²) in [5.74, 6) is -0.0660. The summed E-state index contributed by atoms with van der Waals surface area (Å²) in [5.41, 5.74) is 5.31. The van der Waals surface area contributed by atoms with Crippen LogP contribution in [-0.4, -0.2) is 61.8 Å². The lowest BCUT2D eigenvalue weighted by atomic mass is 10.1. The Bertz CT molecular complexity index is 713. The largest absolute Gasteiger partial charge is 0.394 e. The van der Waals surface area contributed by atoms with Gasteiger partial charge in [-0.15, -0.1) is 0 Å². The third kappa shape index (κ3) is 2.08. The van der Waals surface area contributed by atoms with Crippen LogP contribution in [0.25, 0.3) is 11.2 Å². The standard InChI is InChI=1S/C11H15N5O5/c1-20-7-4(2-17)21-10(6(7)18)16-3-13-5-8(16)14-11(12)15-9(5)19/h3-4,6-7,10,17-18H,2H2,1H3,(H3,12,14,15,19). The molecule has 0 amide bonds. The summed E-state index contributed by atoms with van der Waals surface area (Å²) in [6.07, 6.45) is -1.99. The zero-order valence-corrected chi connectivity index (χ0v) is 11.1. The fourth-order valence-corrected chi connectivity index (χ4v) is 2.52. The first-order chi connectivity index (χ1) is 10.1. The molecule has 4 unspecified atom stereocenters. The smallest absolute Gasteiger partial charge is 0.280 e. The first kappa shape index (κ1) is 13.9. The second-order valence-electron chi connectivity index (χ2n) is 4.71. The van der Waals surface area contributed by atoms with Crippen molar-refractivity contribution in [3.05, 3.63) is 16.7 Å². The molecule has 1 saturated heterocycles. The van der Waals surface area contributed by atoms with E-state index in [1.807, 2.05) is 0 Å². The highest BCUT2D eigenvalue weighted by Crippen LogP contribution is 2.32. The van der Waals surface area contributed by atoms with Crippen LogP contribution < -0.4 is 11.3 Å². The molecule has 21 heavy (non-hydrogen) atoms. The summed E-state index contributed by atoms with van der Waals surface area (Å²) in [4.78, 5) is 22.0. The Labute approximate surface area is 118 Å². The van der Waals surface area contributed by atoms with Crippen molar-refractivity contribution in [2.75, 3.05) is 19.5 Å². The Hall–Kier alpha value is -2.01. The number of nitrogens with two attached hydrogens (primary N) is 1. The Morgan fingerprint density at radius 2 is 2.38 bits per heavy atom. The quantitative estimate of drug-likeness (QED) is 0.506. The van der Waals surface area contributed by atoms with Crippen LogP contribution in [0.2, 0.25) is 0 Å². The second-order valence-corrected chi connectivity index (χ2v) is 4.71. The van der Waals surface area contributed by atoms with Crippen molar-refractivity contribution in [3.63, 3.8) is 0 Å². The number of nitrogens with zero attached hydrogens (tertiary/aromatic N) is 3. The Morgan fingerprint density at radius 3 is 3.00 bits per heavy atom. The van der Waals surface area contributed by atoms with Gasteiger partial charge in [0.1, 0.15) is 18.3 Å². The van der Waals surface area contributed by atoms with Crippen LogP contribution in [0, 0.1) is 0 Å². The average molecular weight is 297 g/mol. The number of ether oxygens (including phenoxy) is 2. The molecular formula is C11H15N5O5. The van der Waals surface area contributed by atoms with Crippen LogP contribution in [0.3, 0.4) is 0 Å². The van der Waals surface area contributed by atoms with E-state index in [2.05, 4.69) is 15.0 Å². The third-order valence-electron chi connectivity index (χ3n) is 3.49.